The predicted octanol–water partition coefficient (Wildman–Crippen LogP) is 1.50. The molecule has 11 nitrogen and oxygen atoms in total. The highest BCUT2D eigenvalue weighted by atomic mass is 16.5. The SMILES string of the molecule is COCC1CCN(Cc2cc(O)c3c(c2N(C)C)CC2C[C@H]4CC(O)=C(C(N)=O)C(=O)[C@@]4(O)C(O)=C2C3=O)CC1. The maximum absolute atomic E-state index is 13.9. The first-order valence-electron chi connectivity index (χ1n) is 13.6. The van der Waals surface area contributed by atoms with E-state index in [0.717, 1.165) is 43.8 Å². The Morgan fingerprint density at radius 3 is 2.45 bits per heavy atom. The Bertz CT molecular complexity index is 1340. The normalized spacial score (nSPS) is 27.4. The van der Waals surface area contributed by atoms with Crippen molar-refractivity contribution in [3.05, 3.63) is 45.4 Å². The molecular weight excluding hydrogens is 518 g/mol. The number of nitrogens with zero attached hydrogens (tertiary/aromatic N) is 2. The van der Waals surface area contributed by atoms with Crippen LogP contribution in [0.5, 0.6) is 5.75 Å². The summed E-state index contributed by atoms with van der Waals surface area (Å²) in [5.41, 5.74) is 4.14. The number of methoxy groups -OCH3 is 1. The fraction of sp³-hybridized carbons (Fsp3) is 0.552. The summed E-state index contributed by atoms with van der Waals surface area (Å²) in [5, 5.41) is 44.1. The number of hydrogen-bond acceptors (Lipinski definition) is 10. The van der Waals surface area contributed by atoms with Gasteiger partial charge in [-0.1, -0.05) is 0 Å². The van der Waals surface area contributed by atoms with Gasteiger partial charge in [0.1, 0.15) is 22.8 Å². The number of anilines is 1. The van der Waals surface area contributed by atoms with Crippen LogP contribution in [0.15, 0.2) is 28.7 Å². The fourth-order valence-corrected chi connectivity index (χ4v) is 7.21. The fourth-order valence-electron chi connectivity index (χ4n) is 7.21. The van der Waals surface area contributed by atoms with Crippen LogP contribution in [0.1, 0.15) is 47.2 Å². The van der Waals surface area contributed by atoms with Gasteiger partial charge >= 0.3 is 0 Å². The minimum Gasteiger partial charge on any atom is -0.511 e. The van der Waals surface area contributed by atoms with E-state index in [9.17, 15) is 34.8 Å². The van der Waals surface area contributed by atoms with Crippen molar-refractivity contribution in [3.63, 3.8) is 0 Å². The number of ketones is 2. The average Bonchev–Trinajstić information content (AvgIpc) is 2.87. The van der Waals surface area contributed by atoms with Gasteiger partial charge in [-0.25, -0.2) is 0 Å². The number of nitrogens with two attached hydrogens (primary N) is 1. The maximum Gasteiger partial charge on any atom is 0.255 e. The number of hydrogen-bond donors (Lipinski definition) is 5. The summed E-state index contributed by atoms with van der Waals surface area (Å²) < 4.78 is 5.31. The second kappa shape index (κ2) is 10.2. The number of fused-ring (bicyclic) bond motifs is 3. The molecule has 4 aliphatic rings. The van der Waals surface area contributed by atoms with Crippen molar-refractivity contribution in [2.45, 2.75) is 44.2 Å². The lowest BCUT2D eigenvalue weighted by Gasteiger charge is -2.46. The van der Waals surface area contributed by atoms with E-state index < -0.39 is 52.0 Å². The number of aliphatic hydroxyl groups is 3. The number of likely N-dealkylation sites (tertiary alicyclic amines) is 1. The molecule has 11 heteroatoms. The minimum atomic E-state index is -2.57. The third kappa shape index (κ3) is 4.27. The van der Waals surface area contributed by atoms with Crippen molar-refractivity contribution in [2.24, 2.45) is 23.5 Å². The van der Waals surface area contributed by atoms with E-state index in [4.69, 9.17) is 10.5 Å². The van der Waals surface area contributed by atoms with E-state index >= 15 is 0 Å². The molecule has 0 spiro atoms. The average molecular weight is 556 g/mol. The van der Waals surface area contributed by atoms with E-state index in [2.05, 4.69) is 4.90 Å². The first-order chi connectivity index (χ1) is 18.9. The number of carbonyl (C=O) groups is 3. The number of aliphatic hydroxyl groups excluding tert-OH is 2. The number of piperidine rings is 1. The van der Waals surface area contributed by atoms with Crippen LogP contribution in [0.2, 0.25) is 0 Å². The highest BCUT2D eigenvalue weighted by Crippen LogP contribution is 2.52. The van der Waals surface area contributed by atoms with E-state index in [1.165, 1.54) is 0 Å². The number of aromatic hydroxyl groups is 1. The zero-order valence-electron chi connectivity index (χ0n) is 23.1. The molecule has 1 aliphatic heterocycles. The molecule has 1 aromatic carbocycles. The van der Waals surface area contributed by atoms with Crippen LogP contribution in [0, 0.1) is 17.8 Å². The van der Waals surface area contributed by atoms with Crippen LogP contribution < -0.4 is 10.6 Å². The molecule has 216 valence electrons. The molecule has 1 heterocycles. The van der Waals surface area contributed by atoms with E-state index in [1.807, 2.05) is 19.0 Å². The van der Waals surface area contributed by atoms with Crippen LogP contribution in [0.4, 0.5) is 5.69 Å². The van der Waals surface area contributed by atoms with Crippen LogP contribution in [-0.2, 0) is 27.3 Å². The maximum atomic E-state index is 13.9. The lowest BCUT2D eigenvalue weighted by molar-refractivity contribution is -0.144. The molecule has 1 unspecified atom stereocenters. The summed E-state index contributed by atoms with van der Waals surface area (Å²) in [5.74, 6) is -5.73. The summed E-state index contributed by atoms with van der Waals surface area (Å²) in [6, 6.07) is 1.59. The van der Waals surface area contributed by atoms with Crippen LogP contribution in [-0.4, -0.2) is 89.3 Å². The molecule has 1 amide bonds. The Morgan fingerprint density at radius 1 is 1.18 bits per heavy atom. The lowest BCUT2D eigenvalue weighted by Crippen LogP contribution is -2.57. The van der Waals surface area contributed by atoms with Gasteiger partial charge in [0.25, 0.3) is 5.91 Å². The first kappa shape index (κ1) is 28.1. The summed E-state index contributed by atoms with van der Waals surface area (Å²) in [6.45, 7) is 3.10. The molecule has 3 aliphatic carbocycles. The molecule has 1 saturated heterocycles. The second-order valence-corrected chi connectivity index (χ2v) is 11.7. The summed E-state index contributed by atoms with van der Waals surface area (Å²) >= 11 is 0. The van der Waals surface area contributed by atoms with Gasteiger partial charge in [0, 0.05) is 58.0 Å². The number of Topliss-reactive ketones (excluding diaryl/α,β-unsaturated/α-hetero) is 2. The summed E-state index contributed by atoms with van der Waals surface area (Å²) in [6.07, 6.45) is 2.16. The van der Waals surface area contributed by atoms with Gasteiger partial charge in [0.15, 0.2) is 11.4 Å². The van der Waals surface area contributed by atoms with Crippen molar-refractivity contribution in [1.29, 1.82) is 0 Å². The van der Waals surface area contributed by atoms with Crippen molar-refractivity contribution in [3.8, 4) is 5.75 Å². The van der Waals surface area contributed by atoms with Crippen molar-refractivity contribution < 1.29 is 39.5 Å². The third-order valence-corrected chi connectivity index (χ3v) is 9.06. The molecule has 0 saturated carbocycles. The molecule has 40 heavy (non-hydrogen) atoms. The number of benzene rings is 1. The Kier molecular flexibility index (Phi) is 7.18. The predicted molar refractivity (Wildman–Crippen MR) is 145 cm³/mol. The summed E-state index contributed by atoms with van der Waals surface area (Å²) in [7, 11) is 5.47. The standard InChI is InChI=1S/C29H37N3O8/c1-31(2)24-16(12-32-6-4-14(5-7-32)13-40-3)10-19(33)22-18(24)9-15-8-17-11-20(34)23(28(30)38)27(37)29(17,39)26(36)21(15)25(22)35/h10,14-15,17,33-34,36,39H,4-9,11-13H2,1-3H3,(H2,30,38)/t15?,17-,29-/m0/s1. The number of phenols is 1. The summed E-state index contributed by atoms with van der Waals surface area (Å²) in [4.78, 5) is 43.1. The Balaban J connectivity index is 1.54. The molecule has 6 N–H and O–H groups in total. The number of phenolic OH excluding ortho intramolecular Hbond substituents is 1. The first-order valence-corrected chi connectivity index (χ1v) is 13.6. The van der Waals surface area contributed by atoms with E-state index in [1.54, 1.807) is 13.2 Å². The monoisotopic (exact) mass is 555 g/mol. The van der Waals surface area contributed by atoms with Crippen LogP contribution >= 0.6 is 0 Å². The van der Waals surface area contributed by atoms with E-state index in [-0.39, 0.29) is 36.1 Å². The molecular formula is C29H37N3O8. The molecule has 0 radical (unpaired) electrons. The number of rotatable bonds is 6. The number of allylic oxidation sites excluding steroid dienone is 2. The van der Waals surface area contributed by atoms with Gasteiger partial charge in [-0.15, -0.1) is 0 Å². The van der Waals surface area contributed by atoms with Gasteiger partial charge in [-0.2, -0.15) is 0 Å². The second-order valence-electron chi connectivity index (χ2n) is 11.7. The zero-order valence-corrected chi connectivity index (χ0v) is 23.1. The van der Waals surface area contributed by atoms with Gasteiger partial charge in [0.2, 0.25) is 5.78 Å². The number of amides is 1. The largest absolute Gasteiger partial charge is 0.511 e. The Labute approximate surface area is 232 Å². The minimum absolute atomic E-state index is 0.0304. The number of carbonyl (C=O) groups excluding carboxylic acids is 3. The highest BCUT2D eigenvalue weighted by molar-refractivity contribution is 6.24. The molecule has 0 aromatic heterocycles. The Morgan fingerprint density at radius 2 is 1.85 bits per heavy atom. The topological polar surface area (TPSA) is 174 Å². The Hall–Kier alpha value is -3.41. The van der Waals surface area contributed by atoms with Crippen molar-refractivity contribution in [1.82, 2.24) is 4.90 Å². The quantitative estimate of drug-likeness (QED) is 0.324. The van der Waals surface area contributed by atoms with Gasteiger partial charge in [-0.05, 0) is 67.8 Å². The van der Waals surface area contributed by atoms with Crippen molar-refractivity contribution in [2.75, 3.05) is 45.8 Å². The molecule has 1 fully saturated rings. The molecule has 3 atom stereocenters. The van der Waals surface area contributed by atoms with E-state index in [0.29, 0.717) is 18.0 Å². The van der Waals surface area contributed by atoms with Crippen LogP contribution in [0.25, 0.3) is 0 Å². The lowest BCUT2D eigenvalue weighted by atomic mass is 9.60. The highest BCUT2D eigenvalue weighted by Gasteiger charge is 2.59. The smallest absolute Gasteiger partial charge is 0.255 e. The van der Waals surface area contributed by atoms with Crippen LogP contribution in [0.3, 0.4) is 0 Å². The third-order valence-electron chi connectivity index (χ3n) is 9.06. The molecule has 1 aromatic rings. The zero-order chi connectivity index (χ0) is 29.1. The van der Waals surface area contributed by atoms with Gasteiger partial charge in [-0.3, -0.25) is 19.3 Å². The number of primary amides is 1. The van der Waals surface area contributed by atoms with Gasteiger partial charge < -0.3 is 35.8 Å². The molecule has 5 rings (SSSR count). The number of ether oxygens (including phenoxy) is 1. The van der Waals surface area contributed by atoms with Gasteiger partial charge in [0.05, 0.1) is 5.56 Å². The molecule has 0 bridgehead atoms. The van der Waals surface area contributed by atoms with Crippen molar-refractivity contribution >= 4 is 23.2 Å².